The van der Waals surface area contributed by atoms with E-state index in [1.165, 1.54) is 25.7 Å². The van der Waals surface area contributed by atoms with Crippen molar-refractivity contribution < 1.29 is 5.11 Å². The van der Waals surface area contributed by atoms with Crippen LogP contribution in [0, 0.1) is 34.5 Å². The summed E-state index contributed by atoms with van der Waals surface area (Å²) in [5.41, 5.74) is 6.58. The quantitative estimate of drug-likeness (QED) is 0.656. The molecule has 116 valence electrons. The molecule has 3 N–H and O–H groups in total. The van der Waals surface area contributed by atoms with Gasteiger partial charge < -0.3 is 10.8 Å². The van der Waals surface area contributed by atoms with Gasteiger partial charge in [-0.25, -0.2) is 0 Å². The number of aliphatic hydroxyl groups excluding tert-OH is 1. The van der Waals surface area contributed by atoms with Gasteiger partial charge in [0.25, 0.3) is 0 Å². The van der Waals surface area contributed by atoms with Crippen LogP contribution in [0.3, 0.4) is 0 Å². The second kappa shape index (κ2) is 4.38. The standard InChI is InChI=1S/C19H29NO/c1-18-9-7-13(20)11-12(18)3-4-14-15-5-6-17(21)19(15,2)10-8-16(14)18/h6-7,9,12-16,21H,3-5,8,10-11,20H2,1-2H3/t12?,13?,14-,15-,16+,18-,19-/m0/s1. The van der Waals surface area contributed by atoms with Crippen molar-refractivity contribution in [2.75, 3.05) is 0 Å². The molecule has 4 aliphatic rings. The van der Waals surface area contributed by atoms with Crippen LogP contribution in [0.4, 0.5) is 0 Å². The van der Waals surface area contributed by atoms with Crippen LogP contribution >= 0.6 is 0 Å². The van der Waals surface area contributed by atoms with Gasteiger partial charge in [-0.1, -0.05) is 26.0 Å². The van der Waals surface area contributed by atoms with E-state index in [-0.39, 0.29) is 11.5 Å². The molecule has 0 radical (unpaired) electrons. The number of rotatable bonds is 0. The van der Waals surface area contributed by atoms with Crippen molar-refractivity contribution in [2.45, 2.75) is 58.4 Å². The van der Waals surface area contributed by atoms with Crippen LogP contribution in [0.2, 0.25) is 0 Å². The van der Waals surface area contributed by atoms with E-state index in [0.29, 0.717) is 17.1 Å². The van der Waals surface area contributed by atoms with Crippen molar-refractivity contribution in [1.29, 1.82) is 0 Å². The topological polar surface area (TPSA) is 46.2 Å². The van der Waals surface area contributed by atoms with Crippen molar-refractivity contribution in [3.05, 3.63) is 24.0 Å². The highest BCUT2D eigenvalue weighted by molar-refractivity contribution is 5.23. The molecule has 0 aromatic rings. The number of hydrogen-bond acceptors (Lipinski definition) is 2. The van der Waals surface area contributed by atoms with E-state index in [0.717, 1.165) is 30.6 Å². The van der Waals surface area contributed by atoms with Crippen LogP contribution in [0.15, 0.2) is 24.0 Å². The monoisotopic (exact) mass is 287 g/mol. The highest BCUT2D eigenvalue weighted by Gasteiger charge is 2.57. The van der Waals surface area contributed by atoms with Crippen LogP contribution < -0.4 is 5.73 Å². The summed E-state index contributed by atoms with van der Waals surface area (Å²) in [6.07, 6.45) is 14.2. The normalized spacial score (nSPS) is 55.4. The zero-order valence-corrected chi connectivity index (χ0v) is 13.4. The first kappa shape index (κ1) is 13.9. The highest BCUT2D eigenvalue weighted by Crippen LogP contribution is 2.64. The Morgan fingerprint density at radius 1 is 1.19 bits per heavy atom. The lowest BCUT2D eigenvalue weighted by atomic mass is 9.46. The van der Waals surface area contributed by atoms with Crippen molar-refractivity contribution >= 4 is 0 Å². The molecule has 0 amide bonds. The molecule has 21 heavy (non-hydrogen) atoms. The average molecular weight is 287 g/mol. The molecule has 0 bridgehead atoms. The maximum Gasteiger partial charge on any atom is 0.0944 e. The van der Waals surface area contributed by atoms with Gasteiger partial charge in [0, 0.05) is 11.5 Å². The third-order valence-electron chi connectivity index (χ3n) is 7.76. The van der Waals surface area contributed by atoms with E-state index in [1.54, 1.807) is 0 Å². The Labute approximate surface area is 128 Å². The summed E-state index contributed by atoms with van der Waals surface area (Å²) >= 11 is 0. The molecule has 2 nitrogen and oxygen atoms in total. The van der Waals surface area contributed by atoms with Crippen molar-refractivity contribution in [3.8, 4) is 0 Å². The van der Waals surface area contributed by atoms with Gasteiger partial charge in [0.2, 0.25) is 0 Å². The molecule has 2 fully saturated rings. The van der Waals surface area contributed by atoms with Crippen LogP contribution in [0.25, 0.3) is 0 Å². The van der Waals surface area contributed by atoms with Gasteiger partial charge in [-0.3, -0.25) is 0 Å². The number of hydrogen-bond donors (Lipinski definition) is 2. The Morgan fingerprint density at radius 2 is 2.00 bits per heavy atom. The number of fused-ring (bicyclic) bond motifs is 5. The summed E-state index contributed by atoms with van der Waals surface area (Å²) < 4.78 is 0. The van der Waals surface area contributed by atoms with Crippen molar-refractivity contribution in [1.82, 2.24) is 0 Å². The summed E-state index contributed by atoms with van der Waals surface area (Å²) in [5, 5.41) is 10.3. The molecule has 0 saturated heterocycles. The van der Waals surface area contributed by atoms with Gasteiger partial charge >= 0.3 is 0 Å². The molecule has 7 atom stereocenters. The van der Waals surface area contributed by atoms with Gasteiger partial charge in [0.05, 0.1) is 5.76 Å². The molecule has 0 heterocycles. The largest absolute Gasteiger partial charge is 0.512 e. The Bertz CT molecular complexity index is 510. The summed E-state index contributed by atoms with van der Waals surface area (Å²) in [5.74, 6) is 3.69. The highest BCUT2D eigenvalue weighted by atomic mass is 16.3. The minimum absolute atomic E-state index is 0.0686. The fourth-order valence-corrected chi connectivity index (χ4v) is 6.38. The second-order valence-corrected chi connectivity index (χ2v) is 8.56. The second-order valence-electron chi connectivity index (χ2n) is 8.56. The number of aliphatic hydroxyl groups is 1. The zero-order valence-electron chi connectivity index (χ0n) is 13.4. The zero-order chi connectivity index (χ0) is 14.8. The Kier molecular flexibility index (Phi) is 2.89. The van der Waals surface area contributed by atoms with Gasteiger partial charge in [-0.05, 0) is 73.7 Å². The maximum absolute atomic E-state index is 10.3. The van der Waals surface area contributed by atoms with Crippen molar-refractivity contribution in [3.63, 3.8) is 0 Å². The third-order valence-corrected chi connectivity index (χ3v) is 7.76. The van der Waals surface area contributed by atoms with E-state index in [4.69, 9.17) is 5.73 Å². The Hall–Kier alpha value is -0.760. The molecule has 0 aliphatic heterocycles. The Balaban J connectivity index is 1.67. The third kappa shape index (κ3) is 1.75. The van der Waals surface area contributed by atoms with Crippen LogP contribution in [0.1, 0.15) is 52.4 Å². The van der Waals surface area contributed by atoms with E-state index in [2.05, 4.69) is 32.1 Å². The minimum Gasteiger partial charge on any atom is -0.512 e. The molecule has 2 heteroatoms. The van der Waals surface area contributed by atoms with Gasteiger partial charge in [0.1, 0.15) is 0 Å². The SMILES string of the molecule is C[C@]12C=CC(N)CC1CC[C@@H]1[C@H]2CC[C@]2(C)C(O)=CC[C@@H]12. The Morgan fingerprint density at radius 3 is 2.81 bits per heavy atom. The van der Waals surface area contributed by atoms with Gasteiger partial charge in [-0.15, -0.1) is 0 Å². The first-order valence-electron chi connectivity index (χ1n) is 8.79. The first-order valence-corrected chi connectivity index (χ1v) is 8.79. The fourth-order valence-electron chi connectivity index (χ4n) is 6.38. The fraction of sp³-hybridized carbons (Fsp3) is 0.789. The lowest BCUT2D eigenvalue weighted by Gasteiger charge is -2.58. The predicted molar refractivity (Wildman–Crippen MR) is 85.7 cm³/mol. The summed E-state index contributed by atoms with van der Waals surface area (Å²) in [4.78, 5) is 0. The van der Waals surface area contributed by atoms with Crippen LogP contribution in [-0.4, -0.2) is 11.1 Å². The maximum atomic E-state index is 10.3. The van der Waals surface area contributed by atoms with E-state index >= 15 is 0 Å². The molecular formula is C19H29NO. The van der Waals surface area contributed by atoms with E-state index in [1.807, 2.05) is 0 Å². The van der Waals surface area contributed by atoms with E-state index < -0.39 is 0 Å². The minimum atomic E-state index is 0.0686. The average Bonchev–Trinajstić information content (AvgIpc) is 2.76. The predicted octanol–water partition coefficient (Wildman–Crippen LogP) is 4.18. The summed E-state index contributed by atoms with van der Waals surface area (Å²) in [6, 6.07) is 0.269. The molecule has 0 aromatic carbocycles. The lowest BCUT2D eigenvalue weighted by Crippen LogP contribution is -2.52. The number of allylic oxidation sites excluding steroid dienone is 3. The first-order chi connectivity index (χ1) is 9.95. The molecule has 2 unspecified atom stereocenters. The molecular weight excluding hydrogens is 258 g/mol. The summed E-state index contributed by atoms with van der Waals surface area (Å²) in [6.45, 7) is 4.79. The molecule has 4 rings (SSSR count). The summed E-state index contributed by atoms with van der Waals surface area (Å²) in [7, 11) is 0. The molecule has 0 aromatic heterocycles. The van der Waals surface area contributed by atoms with Crippen LogP contribution in [-0.2, 0) is 0 Å². The van der Waals surface area contributed by atoms with Gasteiger partial charge in [0.15, 0.2) is 0 Å². The molecule has 2 saturated carbocycles. The molecule has 4 aliphatic carbocycles. The van der Waals surface area contributed by atoms with E-state index in [9.17, 15) is 5.11 Å². The molecule has 0 spiro atoms. The van der Waals surface area contributed by atoms with Gasteiger partial charge in [-0.2, -0.15) is 0 Å². The smallest absolute Gasteiger partial charge is 0.0944 e. The van der Waals surface area contributed by atoms with Crippen molar-refractivity contribution in [2.24, 2.45) is 40.2 Å². The lowest BCUT2D eigenvalue weighted by molar-refractivity contribution is -0.0710. The van der Waals surface area contributed by atoms with Crippen LogP contribution in [0.5, 0.6) is 0 Å². The number of nitrogens with two attached hydrogens (primary N) is 1.